The van der Waals surface area contributed by atoms with Crippen molar-refractivity contribution in [1.29, 1.82) is 0 Å². The lowest BCUT2D eigenvalue weighted by Crippen LogP contribution is -2.46. The van der Waals surface area contributed by atoms with Crippen molar-refractivity contribution in [3.8, 4) is 0 Å². The first-order valence-corrected chi connectivity index (χ1v) is 8.12. The molecule has 0 saturated carbocycles. The maximum atomic E-state index is 12.7. The highest BCUT2D eigenvalue weighted by atomic mass is 19.4. The van der Waals surface area contributed by atoms with Crippen molar-refractivity contribution in [3.63, 3.8) is 0 Å². The number of hydrogen-bond acceptors (Lipinski definition) is 5. The van der Waals surface area contributed by atoms with Crippen LogP contribution >= 0.6 is 0 Å². The van der Waals surface area contributed by atoms with Crippen LogP contribution in [0.25, 0.3) is 0 Å². The fraction of sp³-hybridized carbons (Fsp3) is 0.294. The van der Waals surface area contributed by atoms with Crippen molar-refractivity contribution in [3.05, 3.63) is 47.8 Å². The molecule has 1 fully saturated rings. The van der Waals surface area contributed by atoms with Crippen molar-refractivity contribution >= 4 is 24.0 Å². The minimum atomic E-state index is -4.49. The van der Waals surface area contributed by atoms with Crippen molar-refractivity contribution in [2.24, 2.45) is 0 Å². The molecule has 142 valence electrons. The Bertz CT molecular complexity index is 818. The minimum Gasteiger partial charge on any atom is -0.342 e. The summed E-state index contributed by atoms with van der Waals surface area (Å²) in [7, 11) is 0. The fourth-order valence-corrected chi connectivity index (χ4v) is 2.61. The lowest BCUT2D eigenvalue weighted by atomic mass is 10.2. The number of carbonyl (C=O) groups excluding carboxylic acids is 2. The molecular formula is C17H16F3N5O2. The fourth-order valence-electron chi connectivity index (χ4n) is 2.61. The van der Waals surface area contributed by atoms with Gasteiger partial charge in [-0.25, -0.2) is 9.97 Å². The van der Waals surface area contributed by atoms with Crippen molar-refractivity contribution in [1.82, 2.24) is 14.9 Å². The Morgan fingerprint density at radius 2 is 1.78 bits per heavy atom. The number of benzene rings is 1. The molecule has 0 spiro atoms. The topological polar surface area (TPSA) is 78.4 Å². The molecule has 1 aliphatic heterocycles. The molecule has 1 saturated heterocycles. The molecule has 0 atom stereocenters. The van der Waals surface area contributed by atoms with Gasteiger partial charge in [0.25, 0.3) is 5.91 Å². The van der Waals surface area contributed by atoms with Crippen molar-refractivity contribution in [2.75, 3.05) is 36.4 Å². The molecule has 0 unspecified atom stereocenters. The van der Waals surface area contributed by atoms with Gasteiger partial charge in [0.2, 0.25) is 12.4 Å². The van der Waals surface area contributed by atoms with Crippen LogP contribution in [-0.2, 0) is 11.0 Å². The van der Waals surface area contributed by atoms with Crippen LogP contribution in [0.5, 0.6) is 0 Å². The zero-order chi connectivity index (χ0) is 19.4. The molecule has 2 amide bonds. The third-order valence-corrected chi connectivity index (χ3v) is 4.09. The van der Waals surface area contributed by atoms with Crippen molar-refractivity contribution in [2.45, 2.75) is 6.18 Å². The predicted octanol–water partition coefficient (Wildman–Crippen LogP) is 2.03. The number of piperazine rings is 1. The molecule has 0 aliphatic carbocycles. The highest BCUT2D eigenvalue weighted by Gasteiger charge is 2.30. The number of halogens is 3. The van der Waals surface area contributed by atoms with Crippen LogP contribution in [0.15, 0.2) is 36.7 Å². The number of nitrogens with one attached hydrogen (secondary N) is 1. The van der Waals surface area contributed by atoms with E-state index in [4.69, 9.17) is 0 Å². The van der Waals surface area contributed by atoms with Gasteiger partial charge in [-0.15, -0.1) is 0 Å². The summed E-state index contributed by atoms with van der Waals surface area (Å²) in [6.07, 6.45) is -1.06. The molecule has 2 heterocycles. The first-order valence-electron chi connectivity index (χ1n) is 8.12. The minimum absolute atomic E-state index is 0.0314. The average Bonchev–Trinajstić information content (AvgIpc) is 2.68. The van der Waals surface area contributed by atoms with Crippen molar-refractivity contribution < 1.29 is 22.8 Å². The first kappa shape index (κ1) is 18.6. The Hall–Kier alpha value is -3.17. The molecule has 7 nitrogen and oxygen atoms in total. The second kappa shape index (κ2) is 7.60. The monoisotopic (exact) mass is 379 g/mol. The predicted molar refractivity (Wildman–Crippen MR) is 91.3 cm³/mol. The number of rotatable bonds is 4. The Balaban J connectivity index is 1.65. The van der Waals surface area contributed by atoms with Gasteiger partial charge in [0.1, 0.15) is 0 Å². The van der Waals surface area contributed by atoms with Gasteiger partial charge in [0, 0.05) is 44.3 Å². The van der Waals surface area contributed by atoms with Gasteiger partial charge in [-0.05, 0) is 18.2 Å². The Labute approximate surface area is 152 Å². The molecule has 1 N–H and O–H groups in total. The van der Waals surface area contributed by atoms with Gasteiger partial charge < -0.3 is 15.1 Å². The number of hydrogen-bond donors (Lipinski definition) is 1. The average molecular weight is 379 g/mol. The van der Waals surface area contributed by atoms with Crippen LogP contribution in [0, 0.1) is 0 Å². The summed E-state index contributed by atoms with van der Waals surface area (Å²) in [6.45, 7) is 2.28. The van der Waals surface area contributed by atoms with Gasteiger partial charge in [-0.3, -0.25) is 9.59 Å². The summed E-state index contributed by atoms with van der Waals surface area (Å²) in [6, 6.07) is 4.38. The molecular weight excluding hydrogens is 363 g/mol. The van der Waals surface area contributed by atoms with Crippen LogP contribution < -0.4 is 10.2 Å². The zero-order valence-electron chi connectivity index (χ0n) is 14.1. The van der Waals surface area contributed by atoms with Crippen LogP contribution in [0.1, 0.15) is 15.9 Å². The molecule has 0 bridgehead atoms. The third-order valence-electron chi connectivity index (χ3n) is 4.09. The van der Waals surface area contributed by atoms with Crippen LogP contribution in [0.2, 0.25) is 0 Å². The van der Waals surface area contributed by atoms with Gasteiger partial charge >= 0.3 is 6.18 Å². The molecule has 2 aromatic rings. The molecule has 1 aromatic carbocycles. The number of anilines is 2. The van der Waals surface area contributed by atoms with E-state index in [2.05, 4.69) is 15.3 Å². The number of aromatic nitrogens is 2. The summed E-state index contributed by atoms with van der Waals surface area (Å²) in [4.78, 5) is 34.7. The molecule has 1 aromatic heterocycles. The van der Waals surface area contributed by atoms with E-state index in [9.17, 15) is 22.8 Å². The van der Waals surface area contributed by atoms with E-state index in [1.54, 1.807) is 4.90 Å². The summed E-state index contributed by atoms with van der Waals surface area (Å²) in [5, 5.41) is 2.41. The molecule has 1 aliphatic rings. The van der Waals surface area contributed by atoms with E-state index in [1.165, 1.54) is 24.5 Å². The Kier molecular flexibility index (Phi) is 5.24. The quantitative estimate of drug-likeness (QED) is 0.823. The Morgan fingerprint density at radius 3 is 2.37 bits per heavy atom. The Morgan fingerprint density at radius 1 is 1.11 bits per heavy atom. The second-order valence-corrected chi connectivity index (χ2v) is 5.93. The molecule has 10 heteroatoms. The highest BCUT2D eigenvalue weighted by molar-refractivity contribution is 6.03. The van der Waals surface area contributed by atoms with Crippen LogP contribution in [-0.4, -0.2) is 53.4 Å². The standard InChI is InChI=1S/C17H16F3N5O2/c18-17(19,20)13-2-1-3-14(8-13)23-15(27)12-9-21-16(22-10-12)25-6-4-24(11-26)5-7-25/h1-3,8-11H,4-7H2,(H,23,27). The van der Waals surface area contributed by atoms with E-state index in [0.29, 0.717) is 32.1 Å². The van der Waals surface area contributed by atoms with Crippen LogP contribution in [0.3, 0.4) is 0 Å². The van der Waals surface area contributed by atoms with Gasteiger partial charge in [-0.2, -0.15) is 13.2 Å². The maximum absolute atomic E-state index is 12.7. The summed E-state index contributed by atoms with van der Waals surface area (Å²) in [5.74, 6) is -0.178. The van der Waals surface area contributed by atoms with E-state index in [-0.39, 0.29) is 11.3 Å². The molecule has 3 rings (SSSR count). The molecule has 27 heavy (non-hydrogen) atoms. The lowest BCUT2D eigenvalue weighted by Gasteiger charge is -2.32. The van der Waals surface area contributed by atoms with E-state index >= 15 is 0 Å². The largest absolute Gasteiger partial charge is 0.416 e. The number of nitrogens with zero attached hydrogens (tertiary/aromatic N) is 4. The third kappa shape index (κ3) is 4.52. The lowest BCUT2D eigenvalue weighted by molar-refractivity contribution is -0.137. The second-order valence-electron chi connectivity index (χ2n) is 5.93. The highest BCUT2D eigenvalue weighted by Crippen LogP contribution is 2.30. The molecule has 0 radical (unpaired) electrons. The van der Waals surface area contributed by atoms with E-state index in [1.807, 2.05) is 4.90 Å². The number of amides is 2. The smallest absolute Gasteiger partial charge is 0.342 e. The van der Waals surface area contributed by atoms with Gasteiger partial charge in [-0.1, -0.05) is 6.07 Å². The summed E-state index contributed by atoms with van der Waals surface area (Å²) >= 11 is 0. The summed E-state index contributed by atoms with van der Waals surface area (Å²) in [5.41, 5.74) is -0.687. The van der Waals surface area contributed by atoms with E-state index < -0.39 is 17.6 Å². The maximum Gasteiger partial charge on any atom is 0.416 e. The van der Waals surface area contributed by atoms with E-state index in [0.717, 1.165) is 18.5 Å². The first-order chi connectivity index (χ1) is 12.9. The summed E-state index contributed by atoms with van der Waals surface area (Å²) < 4.78 is 38.2. The zero-order valence-corrected chi connectivity index (χ0v) is 14.1. The number of carbonyl (C=O) groups is 2. The number of alkyl halides is 3. The SMILES string of the molecule is O=CN1CCN(c2ncc(C(=O)Nc3cccc(C(F)(F)F)c3)cn2)CC1. The normalized spacial score (nSPS) is 14.8. The van der Waals surface area contributed by atoms with Gasteiger partial charge in [0.05, 0.1) is 11.1 Å². The van der Waals surface area contributed by atoms with Gasteiger partial charge in [0.15, 0.2) is 0 Å². The van der Waals surface area contributed by atoms with Crippen LogP contribution in [0.4, 0.5) is 24.8 Å².